The van der Waals surface area contributed by atoms with Crippen molar-refractivity contribution in [3.05, 3.63) is 35.1 Å². The molecule has 0 aliphatic carbocycles. The minimum Gasteiger partial charge on any atom is -0.383 e. The third-order valence-corrected chi connectivity index (χ3v) is 1.90. The number of rotatable bonds is 3. The van der Waals surface area contributed by atoms with E-state index in [0.29, 0.717) is 12.2 Å². The van der Waals surface area contributed by atoms with Crippen molar-refractivity contribution in [3.8, 4) is 0 Å². The van der Waals surface area contributed by atoms with Gasteiger partial charge in [-0.1, -0.05) is 12.1 Å². The van der Waals surface area contributed by atoms with Gasteiger partial charge in [0.1, 0.15) is 5.82 Å². The number of halogens is 1. The summed E-state index contributed by atoms with van der Waals surface area (Å²) >= 11 is 0. The van der Waals surface area contributed by atoms with E-state index in [4.69, 9.17) is 10.5 Å². The molecule has 0 bridgehead atoms. The molecule has 2 N–H and O–H groups in total. The first kappa shape index (κ1) is 10.2. The zero-order valence-electron chi connectivity index (χ0n) is 7.88. The van der Waals surface area contributed by atoms with Gasteiger partial charge in [0.15, 0.2) is 0 Å². The number of hydrogen-bond donors (Lipinski definition) is 1. The summed E-state index contributed by atoms with van der Waals surface area (Å²) in [5.74, 6) is -0.260. The van der Waals surface area contributed by atoms with Gasteiger partial charge in [0.25, 0.3) is 0 Å². The molecule has 1 aromatic rings. The van der Waals surface area contributed by atoms with Crippen LogP contribution in [0.25, 0.3) is 0 Å². The predicted molar refractivity (Wildman–Crippen MR) is 49.9 cm³/mol. The van der Waals surface area contributed by atoms with Gasteiger partial charge in [0.2, 0.25) is 0 Å². The second kappa shape index (κ2) is 4.35. The molecule has 1 rings (SSSR count). The van der Waals surface area contributed by atoms with E-state index in [2.05, 4.69) is 0 Å². The maximum Gasteiger partial charge on any atom is 0.128 e. The Hall–Kier alpha value is -0.930. The van der Waals surface area contributed by atoms with Crippen molar-refractivity contribution in [1.82, 2.24) is 0 Å². The highest BCUT2D eigenvalue weighted by molar-refractivity contribution is 5.25. The molecule has 0 amide bonds. The van der Waals surface area contributed by atoms with Crippen LogP contribution in [0, 0.1) is 12.7 Å². The van der Waals surface area contributed by atoms with E-state index in [9.17, 15) is 4.39 Å². The standard InChI is InChI=1S/C10H14FNO/c1-7-3-4-8(9(11)5-7)10(12)6-13-2/h3-5,10H,6,12H2,1-2H3/t10-/m0/s1. The highest BCUT2D eigenvalue weighted by Crippen LogP contribution is 2.16. The SMILES string of the molecule is COC[C@H](N)c1ccc(C)cc1F. The second-order valence-corrected chi connectivity index (χ2v) is 3.09. The zero-order chi connectivity index (χ0) is 9.84. The van der Waals surface area contributed by atoms with Crippen LogP contribution in [0.15, 0.2) is 18.2 Å². The smallest absolute Gasteiger partial charge is 0.128 e. The van der Waals surface area contributed by atoms with Crippen LogP contribution in [0.5, 0.6) is 0 Å². The molecule has 0 saturated carbocycles. The number of aryl methyl sites for hydroxylation is 1. The molecule has 13 heavy (non-hydrogen) atoms. The van der Waals surface area contributed by atoms with Crippen molar-refractivity contribution in [3.63, 3.8) is 0 Å². The summed E-state index contributed by atoms with van der Waals surface area (Å²) < 4.78 is 18.1. The molecule has 0 aliphatic rings. The van der Waals surface area contributed by atoms with Crippen molar-refractivity contribution in [1.29, 1.82) is 0 Å². The first-order valence-electron chi connectivity index (χ1n) is 4.15. The van der Waals surface area contributed by atoms with E-state index in [0.717, 1.165) is 5.56 Å². The summed E-state index contributed by atoms with van der Waals surface area (Å²) in [5.41, 5.74) is 7.09. The molecule has 2 nitrogen and oxygen atoms in total. The Kier molecular flexibility index (Phi) is 3.39. The number of ether oxygens (including phenoxy) is 1. The molecule has 0 radical (unpaired) electrons. The quantitative estimate of drug-likeness (QED) is 0.775. The summed E-state index contributed by atoms with van der Waals surface area (Å²) in [7, 11) is 1.55. The van der Waals surface area contributed by atoms with Gasteiger partial charge in [-0.3, -0.25) is 0 Å². The number of hydrogen-bond acceptors (Lipinski definition) is 2. The van der Waals surface area contributed by atoms with Crippen LogP contribution in [0.4, 0.5) is 4.39 Å². The van der Waals surface area contributed by atoms with E-state index < -0.39 is 0 Å². The van der Waals surface area contributed by atoms with E-state index >= 15 is 0 Å². The fraction of sp³-hybridized carbons (Fsp3) is 0.400. The molecule has 0 spiro atoms. The molecule has 0 aliphatic heterocycles. The van der Waals surface area contributed by atoms with E-state index in [-0.39, 0.29) is 11.9 Å². The first-order chi connectivity index (χ1) is 6.15. The van der Waals surface area contributed by atoms with Crippen molar-refractivity contribution < 1.29 is 9.13 Å². The van der Waals surface area contributed by atoms with E-state index in [1.807, 2.05) is 13.0 Å². The summed E-state index contributed by atoms with van der Waals surface area (Å²) in [5, 5.41) is 0. The average molecular weight is 183 g/mol. The summed E-state index contributed by atoms with van der Waals surface area (Å²) in [4.78, 5) is 0. The number of methoxy groups -OCH3 is 1. The largest absolute Gasteiger partial charge is 0.383 e. The lowest BCUT2D eigenvalue weighted by Gasteiger charge is -2.11. The molecule has 0 saturated heterocycles. The molecule has 0 unspecified atom stereocenters. The predicted octanol–water partition coefficient (Wildman–Crippen LogP) is 1.78. The Bertz CT molecular complexity index is 288. The highest BCUT2D eigenvalue weighted by Gasteiger charge is 2.10. The van der Waals surface area contributed by atoms with Gasteiger partial charge in [0.05, 0.1) is 12.6 Å². The monoisotopic (exact) mass is 183 g/mol. The first-order valence-corrected chi connectivity index (χ1v) is 4.15. The van der Waals surface area contributed by atoms with Crippen LogP contribution < -0.4 is 5.73 Å². The van der Waals surface area contributed by atoms with Crippen LogP contribution in [-0.2, 0) is 4.74 Å². The van der Waals surface area contributed by atoms with Crippen molar-refractivity contribution in [2.24, 2.45) is 5.73 Å². The summed E-state index contributed by atoms with van der Waals surface area (Å²) in [6.45, 7) is 2.18. The fourth-order valence-electron chi connectivity index (χ4n) is 1.20. The maximum atomic E-state index is 13.3. The summed E-state index contributed by atoms with van der Waals surface area (Å²) in [6.07, 6.45) is 0. The molecule has 72 valence electrons. The van der Waals surface area contributed by atoms with E-state index in [1.165, 1.54) is 6.07 Å². The van der Waals surface area contributed by atoms with Gasteiger partial charge >= 0.3 is 0 Å². The van der Waals surface area contributed by atoms with Gasteiger partial charge in [-0.15, -0.1) is 0 Å². The molecular formula is C10H14FNO. The maximum absolute atomic E-state index is 13.3. The molecule has 1 aromatic carbocycles. The average Bonchev–Trinajstić information content (AvgIpc) is 2.04. The Balaban J connectivity index is 2.88. The van der Waals surface area contributed by atoms with Gasteiger partial charge in [-0.05, 0) is 18.6 Å². The minimum atomic E-state index is -0.384. The lowest BCUT2D eigenvalue weighted by molar-refractivity contribution is 0.179. The third-order valence-electron chi connectivity index (χ3n) is 1.90. The molecular weight excluding hydrogens is 169 g/mol. The second-order valence-electron chi connectivity index (χ2n) is 3.09. The van der Waals surface area contributed by atoms with Gasteiger partial charge in [-0.25, -0.2) is 4.39 Å². The number of nitrogens with two attached hydrogens (primary N) is 1. The van der Waals surface area contributed by atoms with Crippen LogP contribution in [0.3, 0.4) is 0 Å². The Labute approximate surface area is 77.5 Å². The van der Waals surface area contributed by atoms with Crippen LogP contribution in [0.2, 0.25) is 0 Å². The van der Waals surface area contributed by atoms with Gasteiger partial charge in [-0.2, -0.15) is 0 Å². The van der Waals surface area contributed by atoms with Crippen LogP contribution in [0.1, 0.15) is 17.2 Å². The topological polar surface area (TPSA) is 35.2 Å². The summed E-state index contributed by atoms with van der Waals surface area (Å²) in [6, 6.07) is 4.64. The minimum absolute atomic E-state index is 0.260. The van der Waals surface area contributed by atoms with Crippen LogP contribution >= 0.6 is 0 Å². The molecule has 1 atom stereocenters. The normalized spacial score (nSPS) is 12.9. The Morgan fingerprint density at radius 1 is 1.54 bits per heavy atom. The zero-order valence-corrected chi connectivity index (χ0v) is 7.88. The molecule has 3 heteroatoms. The Morgan fingerprint density at radius 3 is 2.77 bits per heavy atom. The van der Waals surface area contributed by atoms with Crippen molar-refractivity contribution in [2.45, 2.75) is 13.0 Å². The lowest BCUT2D eigenvalue weighted by atomic mass is 10.1. The fourth-order valence-corrected chi connectivity index (χ4v) is 1.20. The van der Waals surface area contributed by atoms with Gasteiger partial charge < -0.3 is 10.5 Å². The third kappa shape index (κ3) is 2.50. The van der Waals surface area contributed by atoms with Crippen LogP contribution in [-0.4, -0.2) is 13.7 Å². The van der Waals surface area contributed by atoms with Crippen molar-refractivity contribution >= 4 is 0 Å². The highest BCUT2D eigenvalue weighted by atomic mass is 19.1. The lowest BCUT2D eigenvalue weighted by Crippen LogP contribution is -2.17. The van der Waals surface area contributed by atoms with Crippen molar-refractivity contribution in [2.75, 3.05) is 13.7 Å². The molecule has 0 fully saturated rings. The number of benzene rings is 1. The molecule has 0 heterocycles. The van der Waals surface area contributed by atoms with Gasteiger partial charge in [0, 0.05) is 12.7 Å². The Morgan fingerprint density at radius 2 is 2.23 bits per heavy atom. The van der Waals surface area contributed by atoms with E-state index in [1.54, 1.807) is 13.2 Å². The molecule has 0 aromatic heterocycles.